The molecular formula is C15H22O5P+. The van der Waals surface area contributed by atoms with E-state index in [0.29, 0.717) is 24.3 Å². The Bertz CT molecular complexity index is 501. The van der Waals surface area contributed by atoms with Gasteiger partial charge in [0.25, 0.3) is 0 Å². The number of hydrogen-bond acceptors (Lipinski definition) is 5. The van der Waals surface area contributed by atoms with E-state index in [1.54, 1.807) is 32.0 Å². The maximum atomic E-state index is 13.0. The normalized spacial score (nSPS) is 12.0. The first kappa shape index (κ1) is 17.6. The topological polar surface area (TPSA) is 72.8 Å². The molecule has 0 radical (unpaired) electrons. The molecule has 0 heterocycles. The van der Waals surface area contributed by atoms with Crippen molar-refractivity contribution in [2.45, 2.75) is 31.8 Å². The zero-order chi connectivity index (χ0) is 16.0. The van der Waals surface area contributed by atoms with Crippen molar-refractivity contribution >= 4 is 13.6 Å². The van der Waals surface area contributed by atoms with Crippen LogP contribution in [0.3, 0.4) is 0 Å². The smallest absolute Gasteiger partial charge is 0.381 e. The van der Waals surface area contributed by atoms with E-state index < -0.39 is 19.3 Å². The molecule has 0 aromatic heterocycles. The number of aliphatic hydroxyl groups is 1. The summed E-state index contributed by atoms with van der Waals surface area (Å²) in [7, 11) is 0.860. The lowest BCUT2D eigenvalue weighted by molar-refractivity contribution is 0.0924. The maximum Gasteiger partial charge on any atom is 0.381 e. The summed E-state index contributed by atoms with van der Waals surface area (Å²) in [5.74, 6) is 0.455. The average Bonchev–Trinajstić information content (AvgIpc) is 2.54. The molecule has 1 aromatic carbocycles. The van der Waals surface area contributed by atoms with Gasteiger partial charge in [-0.25, -0.2) is 0 Å². The van der Waals surface area contributed by atoms with Crippen LogP contribution in [0.2, 0.25) is 0 Å². The molecule has 0 spiro atoms. The number of Topliss-reactive ketones (excluding diaryl/α,β-unsaturated/α-hetero) is 1. The molecule has 0 fully saturated rings. The third-order valence-electron chi connectivity index (χ3n) is 3.85. The minimum atomic E-state index is -2.08. The SMILES string of the molecule is CCC(CC)(C(=O)c1c(OC)cccc1OC)[P+](=O)CO. The molecule has 1 rings (SSSR count). The Morgan fingerprint density at radius 3 is 2.00 bits per heavy atom. The van der Waals surface area contributed by atoms with Gasteiger partial charge in [0.2, 0.25) is 17.3 Å². The van der Waals surface area contributed by atoms with Gasteiger partial charge in [0, 0.05) is 12.8 Å². The Morgan fingerprint density at radius 2 is 1.67 bits per heavy atom. The van der Waals surface area contributed by atoms with Crippen LogP contribution in [0, 0.1) is 0 Å². The molecule has 0 aliphatic rings. The zero-order valence-corrected chi connectivity index (χ0v) is 13.8. The number of hydrogen-bond donors (Lipinski definition) is 1. The quantitative estimate of drug-likeness (QED) is 0.589. The van der Waals surface area contributed by atoms with Crippen LogP contribution in [-0.2, 0) is 4.57 Å². The second-order valence-corrected chi connectivity index (χ2v) is 6.52. The van der Waals surface area contributed by atoms with Crippen molar-refractivity contribution in [2.24, 2.45) is 0 Å². The fourth-order valence-corrected chi connectivity index (χ4v) is 3.79. The van der Waals surface area contributed by atoms with Crippen molar-refractivity contribution in [3.05, 3.63) is 23.8 Å². The van der Waals surface area contributed by atoms with Crippen LogP contribution in [0.15, 0.2) is 18.2 Å². The average molecular weight is 313 g/mol. The summed E-state index contributed by atoms with van der Waals surface area (Å²) in [6.45, 7) is 3.60. The van der Waals surface area contributed by atoms with Crippen molar-refractivity contribution < 1.29 is 23.9 Å². The summed E-state index contributed by atoms with van der Waals surface area (Å²) >= 11 is 0. The number of carbonyl (C=O) groups excluding carboxylic acids is 1. The van der Waals surface area contributed by atoms with Crippen LogP contribution in [0.5, 0.6) is 11.5 Å². The van der Waals surface area contributed by atoms with Crippen molar-refractivity contribution in [1.29, 1.82) is 0 Å². The molecule has 1 unspecified atom stereocenters. The predicted molar refractivity (Wildman–Crippen MR) is 81.9 cm³/mol. The molecule has 0 saturated carbocycles. The molecule has 6 heteroatoms. The van der Waals surface area contributed by atoms with E-state index in [1.165, 1.54) is 14.2 Å². The summed E-state index contributed by atoms with van der Waals surface area (Å²) in [6, 6.07) is 5.05. The van der Waals surface area contributed by atoms with E-state index in [0.717, 1.165) is 0 Å². The molecule has 21 heavy (non-hydrogen) atoms. The third kappa shape index (κ3) is 3.09. The first-order valence-corrected chi connectivity index (χ1v) is 8.28. The van der Waals surface area contributed by atoms with Gasteiger partial charge < -0.3 is 14.6 Å². The lowest BCUT2D eigenvalue weighted by atomic mass is 9.90. The van der Waals surface area contributed by atoms with Gasteiger partial charge in [0.1, 0.15) is 17.1 Å². The van der Waals surface area contributed by atoms with Gasteiger partial charge in [-0.15, -0.1) is 0 Å². The predicted octanol–water partition coefficient (Wildman–Crippen LogP) is 3.22. The highest BCUT2D eigenvalue weighted by Gasteiger charge is 2.53. The van der Waals surface area contributed by atoms with Gasteiger partial charge in [0.05, 0.1) is 14.2 Å². The summed E-state index contributed by atoms with van der Waals surface area (Å²) in [5, 5.41) is 8.18. The molecule has 1 atom stereocenters. The van der Waals surface area contributed by atoms with Gasteiger partial charge in [0.15, 0.2) is 0 Å². The minimum absolute atomic E-state index is 0.281. The van der Waals surface area contributed by atoms with E-state index in [9.17, 15) is 14.5 Å². The maximum absolute atomic E-state index is 13.0. The lowest BCUT2D eigenvalue weighted by Gasteiger charge is -2.21. The Labute approximate surface area is 126 Å². The molecule has 116 valence electrons. The molecule has 1 N–H and O–H groups in total. The van der Waals surface area contributed by atoms with Gasteiger partial charge >= 0.3 is 7.80 Å². The van der Waals surface area contributed by atoms with Gasteiger partial charge in [-0.1, -0.05) is 24.5 Å². The number of aliphatic hydroxyl groups excluding tert-OH is 1. The molecule has 0 aliphatic carbocycles. The van der Waals surface area contributed by atoms with E-state index in [1.807, 2.05) is 0 Å². The molecule has 1 aromatic rings. The van der Waals surface area contributed by atoms with Crippen molar-refractivity contribution in [3.8, 4) is 11.5 Å². The van der Waals surface area contributed by atoms with Crippen LogP contribution >= 0.6 is 7.80 Å². The Balaban J connectivity index is 3.50. The van der Waals surface area contributed by atoms with Crippen molar-refractivity contribution in [1.82, 2.24) is 0 Å². The molecule has 0 amide bonds. The van der Waals surface area contributed by atoms with Crippen LogP contribution in [0.1, 0.15) is 37.0 Å². The minimum Gasteiger partial charge on any atom is -0.496 e. The molecule has 0 bridgehead atoms. The van der Waals surface area contributed by atoms with Gasteiger partial charge in [-0.05, 0) is 12.1 Å². The Morgan fingerprint density at radius 1 is 1.19 bits per heavy atom. The van der Waals surface area contributed by atoms with Crippen LogP contribution in [0.25, 0.3) is 0 Å². The number of ketones is 1. The lowest BCUT2D eigenvalue weighted by Crippen LogP contribution is -2.35. The van der Waals surface area contributed by atoms with E-state index in [2.05, 4.69) is 0 Å². The standard InChI is InChI=1S/C15H22O5P/c1-5-15(6-2,21(18)10-16)14(17)13-11(19-3)8-7-9-12(13)20-4/h7-9,16H,5-6,10H2,1-4H3/q+1. The van der Waals surface area contributed by atoms with Crippen LogP contribution in [0.4, 0.5) is 0 Å². The number of rotatable bonds is 8. The molecule has 0 saturated heterocycles. The van der Waals surface area contributed by atoms with Crippen molar-refractivity contribution in [2.75, 3.05) is 20.6 Å². The number of carbonyl (C=O) groups is 1. The first-order chi connectivity index (χ1) is 10.0. The largest absolute Gasteiger partial charge is 0.496 e. The first-order valence-electron chi connectivity index (χ1n) is 6.83. The second kappa shape index (κ2) is 7.53. The zero-order valence-electron chi connectivity index (χ0n) is 12.9. The number of benzene rings is 1. The molecular weight excluding hydrogens is 291 g/mol. The van der Waals surface area contributed by atoms with Gasteiger partial charge in [-0.3, -0.25) is 4.79 Å². The monoisotopic (exact) mass is 313 g/mol. The second-order valence-electron chi connectivity index (χ2n) is 4.63. The number of methoxy groups -OCH3 is 2. The highest BCUT2D eigenvalue weighted by molar-refractivity contribution is 7.47. The molecule has 5 nitrogen and oxygen atoms in total. The highest BCUT2D eigenvalue weighted by Crippen LogP contribution is 2.48. The Hall–Kier alpha value is -1.45. The van der Waals surface area contributed by atoms with Gasteiger partial charge in [-0.2, -0.15) is 0 Å². The summed E-state index contributed by atoms with van der Waals surface area (Å²) in [4.78, 5) is 13.0. The summed E-state index contributed by atoms with van der Waals surface area (Å²) in [6.07, 6.45) is 0.235. The summed E-state index contributed by atoms with van der Waals surface area (Å²) < 4.78 is 22.8. The van der Waals surface area contributed by atoms with Crippen LogP contribution in [-0.4, -0.2) is 36.6 Å². The van der Waals surface area contributed by atoms with Crippen molar-refractivity contribution in [3.63, 3.8) is 0 Å². The highest BCUT2D eigenvalue weighted by atomic mass is 31.1. The van der Waals surface area contributed by atoms with E-state index in [4.69, 9.17) is 9.47 Å². The Kier molecular flexibility index (Phi) is 6.31. The summed E-state index contributed by atoms with van der Waals surface area (Å²) in [5.41, 5.74) is 0.281. The molecule has 0 aliphatic heterocycles. The fourth-order valence-electron chi connectivity index (χ4n) is 2.48. The van der Waals surface area contributed by atoms with E-state index in [-0.39, 0.29) is 11.3 Å². The van der Waals surface area contributed by atoms with E-state index >= 15 is 0 Å². The van der Waals surface area contributed by atoms with Crippen LogP contribution < -0.4 is 9.47 Å². The number of ether oxygens (including phenoxy) is 2. The fraction of sp³-hybridized carbons (Fsp3) is 0.533. The third-order valence-corrected chi connectivity index (χ3v) is 5.90.